The van der Waals surface area contributed by atoms with Crippen molar-refractivity contribution >= 4 is 17.1 Å². The molecule has 142 valence electrons. The molecule has 0 amide bonds. The zero-order chi connectivity index (χ0) is 19.0. The first kappa shape index (κ1) is 18.5. The molecule has 0 bridgehead atoms. The maximum absolute atomic E-state index is 13.0. The number of imidazole rings is 1. The van der Waals surface area contributed by atoms with Crippen molar-refractivity contribution < 1.29 is 25.2 Å². The number of fused-ring (bicyclic) bond motifs is 1. The average Bonchev–Trinajstić information content (AvgIpc) is 3.03. The predicted molar refractivity (Wildman–Crippen MR) is 90.2 cm³/mol. The SMILES string of the molecule is C=CCn1c(=O)n([C@@H]2O[C@H](CO)[C@@H](O)[C@H]2O)c2nc(N)nc(CCO)c21. The number of anilines is 1. The van der Waals surface area contributed by atoms with Crippen LogP contribution in [-0.4, -0.2) is 71.1 Å². The van der Waals surface area contributed by atoms with Gasteiger partial charge in [-0.05, 0) is 0 Å². The first-order valence-electron chi connectivity index (χ1n) is 8.05. The number of aromatic nitrogens is 4. The summed E-state index contributed by atoms with van der Waals surface area (Å²) >= 11 is 0. The van der Waals surface area contributed by atoms with E-state index in [1.54, 1.807) is 0 Å². The first-order chi connectivity index (χ1) is 12.4. The molecule has 26 heavy (non-hydrogen) atoms. The summed E-state index contributed by atoms with van der Waals surface area (Å²) in [4.78, 5) is 21.1. The minimum Gasteiger partial charge on any atom is -0.396 e. The Morgan fingerprint density at radius 1 is 1.27 bits per heavy atom. The molecule has 11 heteroatoms. The van der Waals surface area contributed by atoms with E-state index in [4.69, 9.17) is 10.5 Å². The van der Waals surface area contributed by atoms with Crippen LogP contribution in [0.2, 0.25) is 0 Å². The third kappa shape index (κ3) is 2.79. The summed E-state index contributed by atoms with van der Waals surface area (Å²) < 4.78 is 7.86. The molecule has 4 atom stereocenters. The zero-order valence-electron chi connectivity index (χ0n) is 13.9. The van der Waals surface area contributed by atoms with Gasteiger partial charge in [-0.3, -0.25) is 4.57 Å². The van der Waals surface area contributed by atoms with Gasteiger partial charge in [-0.2, -0.15) is 4.98 Å². The molecular weight excluding hydrogens is 346 g/mol. The fourth-order valence-electron chi connectivity index (χ4n) is 3.17. The first-order valence-corrected chi connectivity index (χ1v) is 8.05. The molecule has 1 fully saturated rings. The molecular formula is C15H21N5O6. The number of ether oxygens (including phenoxy) is 1. The molecule has 6 N–H and O–H groups in total. The second-order valence-corrected chi connectivity index (χ2v) is 5.96. The van der Waals surface area contributed by atoms with E-state index in [0.717, 1.165) is 4.57 Å². The van der Waals surface area contributed by atoms with E-state index in [1.807, 2.05) is 0 Å². The van der Waals surface area contributed by atoms with Crippen LogP contribution in [0.3, 0.4) is 0 Å². The summed E-state index contributed by atoms with van der Waals surface area (Å²) in [5.41, 5.74) is 5.94. The van der Waals surface area contributed by atoms with E-state index >= 15 is 0 Å². The predicted octanol–water partition coefficient (Wildman–Crippen LogP) is -2.49. The Hall–Kier alpha value is -2.31. The molecule has 3 rings (SSSR count). The maximum Gasteiger partial charge on any atom is 0.332 e. The summed E-state index contributed by atoms with van der Waals surface area (Å²) in [5, 5.41) is 38.8. The van der Waals surface area contributed by atoms with E-state index in [2.05, 4.69) is 16.5 Å². The van der Waals surface area contributed by atoms with Gasteiger partial charge in [-0.1, -0.05) is 6.08 Å². The quantitative estimate of drug-likeness (QED) is 0.347. The second-order valence-electron chi connectivity index (χ2n) is 5.96. The van der Waals surface area contributed by atoms with Gasteiger partial charge >= 0.3 is 5.69 Å². The molecule has 1 aliphatic rings. The molecule has 0 saturated carbocycles. The molecule has 3 heterocycles. The van der Waals surface area contributed by atoms with Crippen LogP contribution in [0.25, 0.3) is 11.2 Å². The lowest BCUT2D eigenvalue weighted by Crippen LogP contribution is -2.36. The normalized spacial score (nSPS) is 25.8. The third-order valence-electron chi connectivity index (χ3n) is 4.32. The number of allylic oxidation sites excluding steroid dienone is 1. The van der Waals surface area contributed by atoms with Crippen molar-refractivity contribution in [2.75, 3.05) is 18.9 Å². The Kier molecular flexibility index (Phi) is 5.07. The molecule has 0 radical (unpaired) electrons. The summed E-state index contributed by atoms with van der Waals surface area (Å²) in [5.74, 6) is -0.114. The lowest BCUT2D eigenvalue weighted by Gasteiger charge is -2.16. The number of nitrogens with zero attached hydrogens (tertiary/aromatic N) is 4. The van der Waals surface area contributed by atoms with Crippen LogP contribution in [0.5, 0.6) is 0 Å². The molecule has 0 spiro atoms. The van der Waals surface area contributed by atoms with Crippen LogP contribution < -0.4 is 11.4 Å². The van der Waals surface area contributed by atoms with Gasteiger partial charge in [0.2, 0.25) is 5.95 Å². The molecule has 0 unspecified atom stereocenters. The molecule has 0 aliphatic carbocycles. The largest absolute Gasteiger partial charge is 0.396 e. The van der Waals surface area contributed by atoms with Crippen LogP contribution in [0.4, 0.5) is 5.95 Å². The maximum atomic E-state index is 13.0. The zero-order valence-corrected chi connectivity index (χ0v) is 13.9. The number of aliphatic hydroxyl groups excluding tert-OH is 4. The summed E-state index contributed by atoms with van der Waals surface area (Å²) in [6.45, 7) is 3.00. The van der Waals surface area contributed by atoms with Crippen LogP contribution >= 0.6 is 0 Å². The highest BCUT2D eigenvalue weighted by Gasteiger charge is 2.45. The second kappa shape index (κ2) is 7.13. The fourth-order valence-corrected chi connectivity index (χ4v) is 3.17. The molecule has 1 aliphatic heterocycles. The van der Waals surface area contributed by atoms with E-state index in [-0.39, 0.29) is 31.2 Å². The highest BCUT2D eigenvalue weighted by atomic mass is 16.6. The van der Waals surface area contributed by atoms with E-state index < -0.39 is 36.8 Å². The molecule has 2 aromatic rings. The number of aliphatic hydroxyl groups is 4. The van der Waals surface area contributed by atoms with Crippen molar-refractivity contribution in [1.29, 1.82) is 0 Å². The number of hydrogen-bond acceptors (Lipinski definition) is 9. The van der Waals surface area contributed by atoms with Crippen molar-refractivity contribution in [3.63, 3.8) is 0 Å². The molecule has 1 saturated heterocycles. The summed E-state index contributed by atoms with van der Waals surface area (Å²) in [6.07, 6.45) is -3.49. The van der Waals surface area contributed by atoms with Crippen molar-refractivity contribution in [1.82, 2.24) is 19.1 Å². The van der Waals surface area contributed by atoms with Gasteiger partial charge < -0.3 is 30.9 Å². The minimum atomic E-state index is -1.45. The van der Waals surface area contributed by atoms with Gasteiger partial charge in [0.25, 0.3) is 0 Å². The fraction of sp³-hybridized carbons (Fsp3) is 0.533. The standard InChI is InChI=1S/C15H21N5O6/c1-2-4-19-9-7(3-5-21)17-14(16)18-12(9)20(15(19)25)13-11(24)10(23)8(6-22)26-13/h2,8,10-11,13,21-24H,1,3-6H2,(H2,16,17,18)/t8-,10-,11-,13-/m1/s1. The number of hydrogen-bond donors (Lipinski definition) is 5. The van der Waals surface area contributed by atoms with Gasteiger partial charge in [0, 0.05) is 19.6 Å². The smallest absolute Gasteiger partial charge is 0.332 e. The van der Waals surface area contributed by atoms with Crippen molar-refractivity contribution in [3.05, 3.63) is 28.8 Å². The summed E-state index contributed by atoms with van der Waals surface area (Å²) in [6, 6.07) is 0. The molecule has 2 aromatic heterocycles. The Morgan fingerprint density at radius 2 is 2.00 bits per heavy atom. The van der Waals surface area contributed by atoms with Crippen molar-refractivity contribution in [3.8, 4) is 0 Å². The number of rotatable bonds is 6. The molecule has 11 nitrogen and oxygen atoms in total. The Balaban J connectivity index is 2.28. The van der Waals surface area contributed by atoms with Gasteiger partial charge in [0.15, 0.2) is 11.9 Å². The Morgan fingerprint density at radius 3 is 2.58 bits per heavy atom. The van der Waals surface area contributed by atoms with Crippen molar-refractivity contribution in [2.45, 2.75) is 37.5 Å². The van der Waals surface area contributed by atoms with E-state index in [0.29, 0.717) is 11.2 Å². The Labute approximate surface area is 147 Å². The highest BCUT2D eigenvalue weighted by molar-refractivity contribution is 5.76. The van der Waals surface area contributed by atoms with Crippen LogP contribution in [0, 0.1) is 0 Å². The van der Waals surface area contributed by atoms with Gasteiger partial charge in [-0.15, -0.1) is 6.58 Å². The monoisotopic (exact) mass is 367 g/mol. The van der Waals surface area contributed by atoms with Gasteiger partial charge in [0.05, 0.1) is 12.3 Å². The third-order valence-corrected chi connectivity index (χ3v) is 4.32. The molecule has 0 aromatic carbocycles. The van der Waals surface area contributed by atoms with E-state index in [1.165, 1.54) is 10.6 Å². The Bertz CT molecular complexity index is 878. The number of nitrogens with two attached hydrogens (primary N) is 1. The minimum absolute atomic E-state index is 0.0997. The van der Waals surface area contributed by atoms with Gasteiger partial charge in [0.1, 0.15) is 23.8 Å². The average molecular weight is 367 g/mol. The lowest BCUT2D eigenvalue weighted by atomic mass is 10.1. The number of nitrogen functional groups attached to an aromatic ring is 1. The van der Waals surface area contributed by atoms with E-state index in [9.17, 15) is 25.2 Å². The highest BCUT2D eigenvalue weighted by Crippen LogP contribution is 2.31. The van der Waals surface area contributed by atoms with Crippen LogP contribution in [0.15, 0.2) is 17.4 Å². The van der Waals surface area contributed by atoms with Crippen LogP contribution in [-0.2, 0) is 17.7 Å². The van der Waals surface area contributed by atoms with Gasteiger partial charge in [-0.25, -0.2) is 14.3 Å². The van der Waals surface area contributed by atoms with Crippen molar-refractivity contribution in [2.24, 2.45) is 0 Å². The lowest BCUT2D eigenvalue weighted by molar-refractivity contribution is -0.0527. The topological polar surface area (TPSA) is 169 Å². The summed E-state index contributed by atoms with van der Waals surface area (Å²) in [7, 11) is 0. The van der Waals surface area contributed by atoms with Crippen LogP contribution in [0.1, 0.15) is 11.9 Å².